The van der Waals surface area contributed by atoms with Gasteiger partial charge in [0.2, 0.25) is 0 Å². The summed E-state index contributed by atoms with van der Waals surface area (Å²) in [7, 11) is 1.18. The third-order valence-corrected chi connectivity index (χ3v) is 5.97. The van der Waals surface area contributed by atoms with E-state index in [1.165, 1.54) is 7.11 Å². The maximum atomic E-state index is 12.5. The van der Waals surface area contributed by atoms with Crippen LogP contribution in [-0.2, 0) is 41.6 Å². The number of rotatable bonds is 13. The topological polar surface area (TPSA) is 148 Å². The highest BCUT2D eigenvalue weighted by molar-refractivity contribution is 5.69. The standard InChI is InChI=1S/C23H37N3O9/c1-15(2)33-13-17-5-7-18(8-6-17)14-34-16(3)35-20(28)10-12-26-22(30)24-21(29)25(23(26)31)11-9-19(27)32-4/h15-18H,5-14H2,1-4H3,(H,24,29,30). The molecule has 0 radical (unpaired) electrons. The van der Waals surface area contributed by atoms with Gasteiger partial charge in [-0.15, -0.1) is 0 Å². The molecule has 1 N–H and O–H groups in total. The van der Waals surface area contributed by atoms with Crippen LogP contribution in [0, 0.1) is 11.8 Å². The molecule has 1 unspecified atom stereocenters. The molecule has 1 aromatic rings. The van der Waals surface area contributed by atoms with Crippen LogP contribution in [0.4, 0.5) is 0 Å². The van der Waals surface area contributed by atoms with Crippen molar-refractivity contribution in [3.8, 4) is 0 Å². The first-order valence-corrected chi connectivity index (χ1v) is 12.0. The number of carbonyl (C=O) groups is 2. The Morgan fingerprint density at radius 1 is 0.857 bits per heavy atom. The molecule has 1 fully saturated rings. The van der Waals surface area contributed by atoms with Gasteiger partial charge in [-0.1, -0.05) is 0 Å². The first-order chi connectivity index (χ1) is 16.6. The van der Waals surface area contributed by atoms with Crippen molar-refractivity contribution in [1.82, 2.24) is 14.1 Å². The fourth-order valence-electron chi connectivity index (χ4n) is 3.89. The van der Waals surface area contributed by atoms with Gasteiger partial charge in [0, 0.05) is 19.7 Å². The van der Waals surface area contributed by atoms with E-state index in [1.807, 2.05) is 18.8 Å². The predicted molar refractivity (Wildman–Crippen MR) is 125 cm³/mol. The number of nitrogens with zero attached hydrogens (tertiary/aromatic N) is 2. The monoisotopic (exact) mass is 499 g/mol. The molecule has 1 atom stereocenters. The lowest BCUT2D eigenvalue weighted by Crippen LogP contribution is -2.49. The molecule has 0 aliphatic heterocycles. The molecule has 1 saturated carbocycles. The van der Waals surface area contributed by atoms with E-state index in [9.17, 15) is 24.0 Å². The van der Waals surface area contributed by atoms with Crippen LogP contribution < -0.4 is 17.1 Å². The van der Waals surface area contributed by atoms with Crippen molar-refractivity contribution in [1.29, 1.82) is 0 Å². The Kier molecular flexibility index (Phi) is 11.4. The molecule has 12 heteroatoms. The number of hydrogen-bond acceptors (Lipinski definition) is 9. The SMILES string of the molecule is COC(=O)CCn1c(=O)[nH]c(=O)n(CCC(=O)OC(C)OCC2CCC(COC(C)C)CC2)c1=O. The molecule has 0 bridgehead atoms. The Balaban J connectivity index is 1.78. The molecule has 1 aliphatic carbocycles. The Labute approximate surface area is 203 Å². The van der Waals surface area contributed by atoms with Gasteiger partial charge in [0.05, 0.1) is 32.7 Å². The summed E-state index contributed by atoms with van der Waals surface area (Å²) in [5, 5.41) is 0. The van der Waals surface area contributed by atoms with Gasteiger partial charge in [-0.05, 0) is 58.3 Å². The number of aromatic amines is 1. The Morgan fingerprint density at radius 3 is 1.83 bits per heavy atom. The number of nitrogens with one attached hydrogen (secondary N) is 1. The molecule has 35 heavy (non-hydrogen) atoms. The molecule has 0 aromatic carbocycles. The number of hydrogen-bond donors (Lipinski definition) is 1. The lowest BCUT2D eigenvalue weighted by Gasteiger charge is -2.29. The highest BCUT2D eigenvalue weighted by Crippen LogP contribution is 2.29. The summed E-state index contributed by atoms with van der Waals surface area (Å²) in [5.41, 5.74) is -2.80. The summed E-state index contributed by atoms with van der Waals surface area (Å²) in [5.74, 6) is -0.287. The molecule has 12 nitrogen and oxygen atoms in total. The van der Waals surface area contributed by atoms with E-state index in [2.05, 4.69) is 4.74 Å². The molecule has 0 saturated heterocycles. The molecule has 0 spiro atoms. The average Bonchev–Trinajstić information content (AvgIpc) is 2.81. The first-order valence-electron chi connectivity index (χ1n) is 12.0. The van der Waals surface area contributed by atoms with Gasteiger partial charge in [0.1, 0.15) is 0 Å². The van der Waals surface area contributed by atoms with Crippen molar-refractivity contribution in [3.63, 3.8) is 0 Å². The third-order valence-electron chi connectivity index (χ3n) is 5.97. The van der Waals surface area contributed by atoms with Crippen LogP contribution >= 0.6 is 0 Å². The minimum atomic E-state index is -0.944. The van der Waals surface area contributed by atoms with E-state index in [0.717, 1.165) is 32.3 Å². The zero-order chi connectivity index (χ0) is 26.0. The zero-order valence-corrected chi connectivity index (χ0v) is 20.9. The zero-order valence-electron chi connectivity index (χ0n) is 20.9. The number of ether oxygens (including phenoxy) is 4. The summed E-state index contributed by atoms with van der Waals surface area (Å²) >= 11 is 0. The van der Waals surface area contributed by atoms with Crippen molar-refractivity contribution in [2.75, 3.05) is 20.3 Å². The minimum absolute atomic E-state index is 0.220. The normalized spacial score (nSPS) is 18.9. The number of carbonyl (C=O) groups excluding carboxylic acids is 2. The molecule has 198 valence electrons. The largest absolute Gasteiger partial charge is 0.469 e. The maximum Gasteiger partial charge on any atom is 0.336 e. The van der Waals surface area contributed by atoms with E-state index in [1.54, 1.807) is 6.92 Å². The van der Waals surface area contributed by atoms with Gasteiger partial charge in [-0.25, -0.2) is 23.5 Å². The van der Waals surface area contributed by atoms with Crippen LogP contribution in [0.1, 0.15) is 59.3 Å². The van der Waals surface area contributed by atoms with Crippen molar-refractivity contribution in [2.45, 2.75) is 84.8 Å². The molecular formula is C23H37N3O9. The Bertz CT molecular complexity index is 1000. The number of esters is 2. The van der Waals surface area contributed by atoms with E-state index in [4.69, 9.17) is 14.2 Å². The number of aromatic nitrogens is 3. The summed E-state index contributed by atoms with van der Waals surface area (Å²) in [6.45, 7) is 6.40. The van der Waals surface area contributed by atoms with Crippen LogP contribution in [0.25, 0.3) is 0 Å². The first kappa shape index (κ1) is 28.5. The molecule has 1 heterocycles. The Hall–Kier alpha value is -2.73. The maximum absolute atomic E-state index is 12.5. The van der Waals surface area contributed by atoms with Crippen molar-refractivity contribution >= 4 is 11.9 Å². The summed E-state index contributed by atoms with van der Waals surface area (Å²) in [6.07, 6.45) is 3.21. The lowest BCUT2D eigenvalue weighted by molar-refractivity contribution is -0.178. The molecule has 0 amide bonds. The second-order valence-corrected chi connectivity index (χ2v) is 9.06. The van der Waals surface area contributed by atoms with Crippen LogP contribution in [0.15, 0.2) is 14.4 Å². The van der Waals surface area contributed by atoms with Gasteiger partial charge in [0.15, 0.2) is 6.29 Å². The van der Waals surface area contributed by atoms with Gasteiger partial charge in [0.25, 0.3) is 0 Å². The van der Waals surface area contributed by atoms with Crippen molar-refractivity contribution < 1.29 is 28.5 Å². The predicted octanol–water partition coefficient (Wildman–Crippen LogP) is 0.789. The van der Waals surface area contributed by atoms with Gasteiger partial charge in [-0.2, -0.15) is 0 Å². The lowest BCUT2D eigenvalue weighted by atomic mass is 9.83. The second kappa shape index (κ2) is 14.0. The third kappa shape index (κ3) is 9.44. The van der Waals surface area contributed by atoms with Crippen LogP contribution in [-0.4, -0.2) is 58.8 Å². The minimum Gasteiger partial charge on any atom is -0.469 e. The summed E-state index contributed by atoms with van der Waals surface area (Å²) in [4.78, 5) is 61.9. The Morgan fingerprint density at radius 2 is 1.34 bits per heavy atom. The molecular weight excluding hydrogens is 462 g/mol. The van der Waals surface area contributed by atoms with E-state index >= 15 is 0 Å². The van der Waals surface area contributed by atoms with E-state index in [0.29, 0.717) is 27.6 Å². The average molecular weight is 500 g/mol. The summed E-state index contributed by atoms with van der Waals surface area (Å²) < 4.78 is 22.5. The fourth-order valence-corrected chi connectivity index (χ4v) is 3.89. The highest BCUT2D eigenvalue weighted by Gasteiger charge is 2.23. The smallest absolute Gasteiger partial charge is 0.336 e. The number of methoxy groups -OCH3 is 1. The number of H-pyrrole nitrogens is 1. The van der Waals surface area contributed by atoms with Crippen LogP contribution in [0.3, 0.4) is 0 Å². The molecule has 1 aromatic heterocycles. The van der Waals surface area contributed by atoms with Crippen LogP contribution in [0.5, 0.6) is 0 Å². The molecule has 1 aliphatic rings. The highest BCUT2D eigenvalue weighted by atomic mass is 16.7. The second-order valence-electron chi connectivity index (χ2n) is 9.06. The van der Waals surface area contributed by atoms with Crippen molar-refractivity contribution in [2.24, 2.45) is 11.8 Å². The quantitative estimate of drug-likeness (QED) is 0.307. The van der Waals surface area contributed by atoms with Gasteiger partial charge < -0.3 is 18.9 Å². The van der Waals surface area contributed by atoms with E-state index in [-0.39, 0.29) is 32.0 Å². The van der Waals surface area contributed by atoms with Gasteiger partial charge in [-0.3, -0.25) is 14.6 Å². The van der Waals surface area contributed by atoms with Gasteiger partial charge >= 0.3 is 29.0 Å². The van der Waals surface area contributed by atoms with Crippen LogP contribution in [0.2, 0.25) is 0 Å². The van der Waals surface area contributed by atoms with Crippen molar-refractivity contribution in [3.05, 3.63) is 31.5 Å². The molecule has 2 rings (SSSR count). The summed E-state index contributed by atoms with van der Waals surface area (Å²) in [6, 6.07) is 0. The fraction of sp³-hybridized carbons (Fsp3) is 0.783. The van der Waals surface area contributed by atoms with E-state index < -0.39 is 35.3 Å².